The molecular formula is C6H7F2N3O4S. The Labute approximate surface area is 87.6 Å². The summed E-state index contributed by atoms with van der Waals surface area (Å²) in [6.07, 6.45) is -2.38. The Kier molecular flexibility index (Phi) is 3.24. The van der Waals surface area contributed by atoms with Gasteiger partial charge in [-0.3, -0.25) is 14.3 Å². The molecule has 0 atom stereocenters. The average Bonchev–Trinajstić information content (AvgIpc) is 2.06. The molecule has 1 rings (SSSR count). The summed E-state index contributed by atoms with van der Waals surface area (Å²) in [7, 11) is -4.36. The Hall–Kier alpha value is -1.55. The minimum atomic E-state index is -4.36. The first-order valence-corrected chi connectivity index (χ1v) is 5.41. The zero-order valence-corrected chi connectivity index (χ0v) is 8.50. The first-order chi connectivity index (χ1) is 7.21. The number of halogens is 2. The molecule has 0 radical (unpaired) electrons. The average molecular weight is 255 g/mol. The summed E-state index contributed by atoms with van der Waals surface area (Å²) < 4.78 is 46.1. The molecule has 0 saturated heterocycles. The van der Waals surface area contributed by atoms with Crippen molar-refractivity contribution in [1.82, 2.24) is 9.55 Å². The van der Waals surface area contributed by atoms with Crippen LogP contribution < -0.4 is 16.4 Å². The lowest BCUT2D eigenvalue weighted by atomic mass is 10.6. The maximum Gasteiger partial charge on any atom is 0.328 e. The topological polar surface area (TPSA) is 115 Å². The molecule has 0 aliphatic rings. The van der Waals surface area contributed by atoms with E-state index in [9.17, 15) is 26.8 Å². The van der Waals surface area contributed by atoms with Crippen molar-refractivity contribution in [2.45, 2.75) is 17.9 Å². The highest BCUT2D eigenvalue weighted by atomic mass is 32.2. The minimum absolute atomic E-state index is 0.367. The fraction of sp³-hybridized carbons (Fsp3) is 0.333. The number of aromatic nitrogens is 2. The molecule has 1 aromatic heterocycles. The number of hydrogen-bond acceptors (Lipinski definition) is 4. The van der Waals surface area contributed by atoms with Gasteiger partial charge in [0, 0.05) is 6.20 Å². The highest BCUT2D eigenvalue weighted by molar-refractivity contribution is 7.89. The van der Waals surface area contributed by atoms with Gasteiger partial charge in [-0.15, -0.1) is 0 Å². The molecule has 0 fully saturated rings. The van der Waals surface area contributed by atoms with Crippen molar-refractivity contribution in [2.24, 2.45) is 5.14 Å². The molecule has 10 heteroatoms. The van der Waals surface area contributed by atoms with Crippen molar-refractivity contribution in [3.63, 3.8) is 0 Å². The van der Waals surface area contributed by atoms with E-state index in [-0.39, 0.29) is 0 Å². The van der Waals surface area contributed by atoms with Crippen LogP contribution in [0.1, 0.15) is 0 Å². The van der Waals surface area contributed by atoms with Gasteiger partial charge in [-0.1, -0.05) is 0 Å². The van der Waals surface area contributed by atoms with Crippen LogP contribution in [0.25, 0.3) is 0 Å². The van der Waals surface area contributed by atoms with Crippen LogP contribution in [0, 0.1) is 0 Å². The molecule has 3 N–H and O–H groups in total. The van der Waals surface area contributed by atoms with Crippen LogP contribution in [0.5, 0.6) is 0 Å². The number of nitrogens with two attached hydrogens (primary N) is 1. The summed E-state index contributed by atoms with van der Waals surface area (Å²) in [6.45, 7) is -1.03. The lowest BCUT2D eigenvalue weighted by Crippen LogP contribution is -2.35. The van der Waals surface area contributed by atoms with Crippen molar-refractivity contribution in [3.05, 3.63) is 27.0 Å². The second-order valence-corrected chi connectivity index (χ2v) is 4.37. The standard InChI is InChI=1S/C6H7F2N3O4S/c7-4(8)2-11-1-3(16(9,14)15)5(12)10-6(11)13/h1,4H,2H2,(H2,9,14,15)(H,10,12,13). The van der Waals surface area contributed by atoms with Gasteiger partial charge in [-0.2, -0.15) is 0 Å². The monoisotopic (exact) mass is 255 g/mol. The van der Waals surface area contributed by atoms with Crippen LogP contribution in [0.2, 0.25) is 0 Å². The van der Waals surface area contributed by atoms with E-state index >= 15 is 0 Å². The van der Waals surface area contributed by atoms with Crippen molar-refractivity contribution < 1.29 is 17.2 Å². The van der Waals surface area contributed by atoms with Crippen LogP contribution in [0.4, 0.5) is 8.78 Å². The summed E-state index contributed by atoms with van der Waals surface area (Å²) in [6, 6.07) is 0. The van der Waals surface area contributed by atoms with E-state index in [0.29, 0.717) is 10.8 Å². The van der Waals surface area contributed by atoms with Gasteiger partial charge < -0.3 is 0 Å². The van der Waals surface area contributed by atoms with Crippen LogP contribution in [0.15, 0.2) is 20.7 Å². The number of aromatic amines is 1. The van der Waals surface area contributed by atoms with Crippen molar-refractivity contribution in [2.75, 3.05) is 0 Å². The van der Waals surface area contributed by atoms with Gasteiger partial charge in [-0.25, -0.2) is 27.1 Å². The maximum atomic E-state index is 12.0. The molecule has 0 aromatic carbocycles. The Morgan fingerprint density at radius 3 is 2.44 bits per heavy atom. The fourth-order valence-corrected chi connectivity index (χ4v) is 1.56. The third kappa shape index (κ3) is 2.73. The normalized spacial score (nSPS) is 12.0. The van der Waals surface area contributed by atoms with E-state index in [1.54, 1.807) is 4.98 Å². The van der Waals surface area contributed by atoms with Gasteiger partial charge in [0.05, 0.1) is 6.54 Å². The third-order valence-corrected chi connectivity index (χ3v) is 2.52. The molecule has 90 valence electrons. The van der Waals surface area contributed by atoms with Crippen LogP contribution >= 0.6 is 0 Å². The van der Waals surface area contributed by atoms with E-state index < -0.39 is 39.1 Å². The van der Waals surface area contributed by atoms with Gasteiger partial charge >= 0.3 is 5.69 Å². The number of alkyl halides is 2. The number of sulfonamides is 1. The molecule has 0 aliphatic heterocycles. The van der Waals surface area contributed by atoms with E-state index in [1.165, 1.54) is 0 Å². The van der Waals surface area contributed by atoms with E-state index in [1.807, 2.05) is 0 Å². The van der Waals surface area contributed by atoms with Gasteiger partial charge in [0.15, 0.2) is 4.90 Å². The van der Waals surface area contributed by atoms with Gasteiger partial charge in [-0.05, 0) is 0 Å². The highest BCUT2D eigenvalue weighted by Gasteiger charge is 2.16. The summed E-state index contributed by atoms with van der Waals surface area (Å²) >= 11 is 0. The van der Waals surface area contributed by atoms with Crippen molar-refractivity contribution >= 4 is 10.0 Å². The molecule has 0 aliphatic carbocycles. The fourth-order valence-electron chi connectivity index (χ4n) is 0.976. The predicted molar refractivity (Wildman–Crippen MR) is 48.7 cm³/mol. The minimum Gasteiger partial charge on any atom is -0.293 e. The second-order valence-electron chi connectivity index (χ2n) is 2.84. The molecular weight excluding hydrogens is 248 g/mol. The molecule has 1 aromatic rings. The van der Waals surface area contributed by atoms with Crippen molar-refractivity contribution in [1.29, 1.82) is 0 Å². The van der Waals surface area contributed by atoms with Crippen molar-refractivity contribution in [3.8, 4) is 0 Å². The summed E-state index contributed by atoms with van der Waals surface area (Å²) in [5, 5.41) is 4.66. The van der Waals surface area contributed by atoms with Crippen LogP contribution in [0.3, 0.4) is 0 Å². The Bertz CT molecular complexity index is 603. The Balaban J connectivity index is 3.45. The predicted octanol–water partition coefficient (Wildman–Crippen LogP) is -1.55. The first kappa shape index (κ1) is 12.5. The number of primary sulfonamides is 1. The van der Waals surface area contributed by atoms with Crippen LogP contribution in [-0.2, 0) is 16.6 Å². The summed E-state index contributed by atoms with van der Waals surface area (Å²) in [5.74, 6) is 0. The zero-order valence-electron chi connectivity index (χ0n) is 7.68. The van der Waals surface area contributed by atoms with Gasteiger partial charge in [0.25, 0.3) is 12.0 Å². The number of H-pyrrole nitrogens is 1. The quantitative estimate of drug-likeness (QED) is 0.680. The molecule has 0 bridgehead atoms. The number of rotatable bonds is 3. The summed E-state index contributed by atoms with van der Waals surface area (Å²) in [5.41, 5.74) is -2.37. The Morgan fingerprint density at radius 1 is 1.44 bits per heavy atom. The summed E-state index contributed by atoms with van der Waals surface area (Å²) in [4.78, 5) is 22.6. The Morgan fingerprint density at radius 2 is 2.00 bits per heavy atom. The van der Waals surface area contributed by atoms with Gasteiger partial charge in [0.1, 0.15) is 0 Å². The third-order valence-electron chi connectivity index (χ3n) is 1.62. The molecule has 7 nitrogen and oxygen atoms in total. The first-order valence-electron chi connectivity index (χ1n) is 3.86. The molecule has 16 heavy (non-hydrogen) atoms. The van der Waals surface area contributed by atoms with E-state index in [0.717, 1.165) is 0 Å². The largest absolute Gasteiger partial charge is 0.328 e. The lowest BCUT2D eigenvalue weighted by Gasteiger charge is -2.05. The van der Waals surface area contributed by atoms with E-state index in [2.05, 4.69) is 5.14 Å². The molecule has 0 unspecified atom stereocenters. The second kappa shape index (κ2) is 4.14. The van der Waals surface area contributed by atoms with E-state index in [4.69, 9.17) is 0 Å². The molecule has 0 spiro atoms. The zero-order chi connectivity index (χ0) is 12.5. The smallest absolute Gasteiger partial charge is 0.293 e. The molecule has 1 heterocycles. The molecule has 0 amide bonds. The maximum absolute atomic E-state index is 12.0. The number of nitrogens with zero attached hydrogens (tertiary/aromatic N) is 1. The highest BCUT2D eigenvalue weighted by Crippen LogP contribution is 1.99. The SMILES string of the molecule is NS(=O)(=O)c1cn(CC(F)F)c(=O)[nH]c1=O. The molecule has 0 saturated carbocycles. The number of nitrogens with one attached hydrogen (secondary N) is 1. The van der Waals surface area contributed by atoms with Gasteiger partial charge in [0.2, 0.25) is 10.0 Å². The number of hydrogen-bond donors (Lipinski definition) is 2. The van der Waals surface area contributed by atoms with Crippen LogP contribution in [-0.4, -0.2) is 24.4 Å². The lowest BCUT2D eigenvalue weighted by molar-refractivity contribution is 0.124.